The lowest BCUT2D eigenvalue weighted by Gasteiger charge is -2.35. The second kappa shape index (κ2) is 12.1. The summed E-state index contributed by atoms with van der Waals surface area (Å²) in [5.41, 5.74) is 1.15. The highest BCUT2D eigenvalue weighted by molar-refractivity contribution is 14.0. The Morgan fingerprint density at radius 1 is 1.21 bits per heavy atom. The summed E-state index contributed by atoms with van der Waals surface area (Å²) in [6, 6.07) is 10.6. The fourth-order valence-corrected chi connectivity index (χ4v) is 5.33. The van der Waals surface area contributed by atoms with Crippen molar-refractivity contribution in [3.05, 3.63) is 35.9 Å². The van der Waals surface area contributed by atoms with Gasteiger partial charge < -0.3 is 16.0 Å². The van der Waals surface area contributed by atoms with Crippen molar-refractivity contribution in [2.45, 2.75) is 64.6 Å². The van der Waals surface area contributed by atoms with Gasteiger partial charge in [-0.1, -0.05) is 44.2 Å². The SMILES string of the molecule is CCNC(=NCC(CC)(CC)NC(C)c1ccccc1)NC1CCS(=O)(=O)C1.I. The van der Waals surface area contributed by atoms with Crippen LogP contribution in [0.3, 0.4) is 0 Å². The van der Waals surface area contributed by atoms with Crippen LogP contribution >= 0.6 is 24.0 Å². The first-order chi connectivity index (χ1) is 13.3. The minimum Gasteiger partial charge on any atom is -0.357 e. The Morgan fingerprint density at radius 3 is 2.38 bits per heavy atom. The predicted molar refractivity (Wildman–Crippen MR) is 133 cm³/mol. The van der Waals surface area contributed by atoms with E-state index in [1.807, 2.05) is 13.0 Å². The smallest absolute Gasteiger partial charge is 0.191 e. The van der Waals surface area contributed by atoms with Crippen molar-refractivity contribution in [1.29, 1.82) is 0 Å². The molecule has 0 aliphatic carbocycles. The Morgan fingerprint density at radius 2 is 1.86 bits per heavy atom. The van der Waals surface area contributed by atoms with Gasteiger partial charge in [0.05, 0.1) is 18.1 Å². The molecule has 2 unspecified atom stereocenters. The fourth-order valence-electron chi connectivity index (χ4n) is 3.66. The molecule has 1 aliphatic rings. The van der Waals surface area contributed by atoms with Crippen LogP contribution in [-0.4, -0.2) is 50.6 Å². The van der Waals surface area contributed by atoms with E-state index in [0.29, 0.717) is 18.9 Å². The summed E-state index contributed by atoms with van der Waals surface area (Å²) in [7, 11) is -2.91. The molecule has 0 bridgehead atoms. The molecule has 6 nitrogen and oxygen atoms in total. The number of sulfone groups is 1. The van der Waals surface area contributed by atoms with Crippen LogP contribution in [0, 0.1) is 0 Å². The van der Waals surface area contributed by atoms with E-state index in [1.54, 1.807) is 0 Å². The molecule has 2 rings (SSSR count). The Hall–Kier alpha value is -0.870. The van der Waals surface area contributed by atoms with Crippen molar-refractivity contribution in [3.63, 3.8) is 0 Å². The van der Waals surface area contributed by atoms with E-state index in [0.717, 1.165) is 19.4 Å². The molecule has 8 heteroatoms. The topological polar surface area (TPSA) is 82.6 Å². The first kappa shape index (κ1) is 26.2. The van der Waals surface area contributed by atoms with Crippen LogP contribution in [-0.2, 0) is 9.84 Å². The van der Waals surface area contributed by atoms with Gasteiger partial charge in [-0.15, -0.1) is 24.0 Å². The van der Waals surface area contributed by atoms with Crippen LogP contribution < -0.4 is 16.0 Å². The van der Waals surface area contributed by atoms with Crippen LogP contribution in [0.15, 0.2) is 35.3 Å². The third-order valence-electron chi connectivity index (χ3n) is 5.63. The highest BCUT2D eigenvalue weighted by Crippen LogP contribution is 2.22. The first-order valence-corrected chi connectivity index (χ1v) is 12.2. The largest absolute Gasteiger partial charge is 0.357 e. The molecule has 0 radical (unpaired) electrons. The van der Waals surface area contributed by atoms with Crippen LogP contribution in [0.5, 0.6) is 0 Å². The quantitative estimate of drug-likeness (QED) is 0.257. The molecule has 2 atom stereocenters. The van der Waals surface area contributed by atoms with Crippen molar-refractivity contribution in [1.82, 2.24) is 16.0 Å². The molecular formula is C21H37IN4O2S. The zero-order valence-electron chi connectivity index (χ0n) is 18.1. The van der Waals surface area contributed by atoms with Gasteiger partial charge in [-0.05, 0) is 38.7 Å². The molecule has 3 N–H and O–H groups in total. The van der Waals surface area contributed by atoms with E-state index in [9.17, 15) is 8.42 Å². The number of benzene rings is 1. The summed E-state index contributed by atoms with van der Waals surface area (Å²) in [4.78, 5) is 4.82. The van der Waals surface area contributed by atoms with Gasteiger partial charge in [0.1, 0.15) is 0 Å². The van der Waals surface area contributed by atoms with Crippen LogP contribution in [0.4, 0.5) is 0 Å². The maximum atomic E-state index is 11.7. The minimum atomic E-state index is -2.91. The van der Waals surface area contributed by atoms with E-state index in [4.69, 9.17) is 4.99 Å². The number of guanidine groups is 1. The molecule has 1 heterocycles. The third-order valence-corrected chi connectivity index (χ3v) is 7.40. The van der Waals surface area contributed by atoms with Gasteiger partial charge in [0.15, 0.2) is 15.8 Å². The molecular weight excluding hydrogens is 499 g/mol. The number of aliphatic imine (C=N–C) groups is 1. The van der Waals surface area contributed by atoms with E-state index >= 15 is 0 Å². The van der Waals surface area contributed by atoms with Gasteiger partial charge in [0.25, 0.3) is 0 Å². The Bertz CT molecular complexity index is 736. The van der Waals surface area contributed by atoms with Crippen LogP contribution in [0.2, 0.25) is 0 Å². The number of hydrogen-bond donors (Lipinski definition) is 3. The van der Waals surface area contributed by atoms with Crippen LogP contribution in [0.25, 0.3) is 0 Å². The van der Waals surface area contributed by atoms with Gasteiger partial charge in [-0.3, -0.25) is 4.99 Å². The monoisotopic (exact) mass is 536 g/mol. The first-order valence-electron chi connectivity index (χ1n) is 10.4. The number of nitrogens with zero attached hydrogens (tertiary/aromatic N) is 1. The summed E-state index contributed by atoms with van der Waals surface area (Å²) in [6.45, 7) is 9.95. The molecule has 1 aliphatic heterocycles. The van der Waals surface area contributed by atoms with Crippen molar-refractivity contribution in [2.75, 3.05) is 24.6 Å². The second-order valence-electron chi connectivity index (χ2n) is 7.70. The van der Waals surface area contributed by atoms with Crippen molar-refractivity contribution in [3.8, 4) is 0 Å². The molecule has 1 saturated heterocycles. The van der Waals surface area contributed by atoms with E-state index < -0.39 is 9.84 Å². The molecule has 166 valence electrons. The standard InChI is InChI=1S/C21H36N4O2S.HI/c1-5-21(6-2,25-17(4)18-11-9-8-10-12-18)16-23-20(22-7-3)24-19-13-14-28(26,27)15-19;/h8-12,17,19,25H,5-7,13-16H2,1-4H3,(H2,22,23,24);1H. The summed E-state index contributed by atoms with van der Waals surface area (Å²) in [6.07, 6.45) is 2.56. The molecule has 0 spiro atoms. The predicted octanol–water partition coefficient (Wildman–Crippen LogP) is 3.26. The highest BCUT2D eigenvalue weighted by Gasteiger charge is 2.30. The maximum Gasteiger partial charge on any atom is 0.191 e. The van der Waals surface area contributed by atoms with Crippen molar-refractivity contribution < 1.29 is 8.42 Å². The van der Waals surface area contributed by atoms with E-state index in [2.05, 4.69) is 61.0 Å². The third kappa shape index (κ3) is 8.05. The lowest BCUT2D eigenvalue weighted by atomic mass is 9.91. The molecule has 0 amide bonds. The van der Waals surface area contributed by atoms with Crippen LogP contribution in [0.1, 0.15) is 58.6 Å². The number of nitrogens with one attached hydrogen (secondary N) is 3. The van der Waals surface area contributed by atoms with E-state index in [-0.39, 0.29) is 53.1 Å². The van der Waals surface area contributed by atoms with Gasteiger partial charge >= 0.3 is 0 Å². The van der Waals surface area contributed by atoms with Gasteiger partial charge in [-0.25, -0.2) is 8.42 Å². The highest BCUT2D eigenvalue weighted by atomic mass is 127. The molecule has 1 aromatic rings. The Kier molecular flexibility index (Phi) is 10.9. The summed E-state index contributed by atoms with van der Waals surface area (Å²) < 4.78 is 23.5. The number of hydrogen-bond acceptors (Lipinski definition) is 4. The average molecular weight is 537 g/mol. The molecule has 1 aromatic carbocycles. The zero-order chi connectivity index (χ0) is 20.6. The average Bonchev–Trinajstić information content (AvgIpc) is 3.04. The lowest BCUT2D eigenvalue weighted by Crippen LogP contribution is -2.50. The number of rotatable bonds is 9. The Labute approximate surface area is 193 Å². The van der Waals surface area contributed by atoms with Crippen molar-refractivity contribution >= 4 is 39.8 Å². The van der Waals surface area contributed by atoms with E-state index in [1.165, 1.54) is 5.56 Å². The fraction of sp³-hybridized carbons (Fsp3) is 0.667. The summed E-state index contributed by atoms with van der Waals surface area (Å²) in [5.74, 6) is 1.15. The van der Waals surface area contributed by atoms with Gasteiger partial charge in [0.2, 0.25) is 0 Å². The lowest BCUT2D eigenvalue weighted by molar-refractivity contribution is 0.280. The minimum absolute atomic E-state index is 0. The molecule has 1 fully saturated rings. The number of halogens is 1. The second-order valence-corrected chi connectivity index (χ2v) is 9.93. The van der Waals surface area contributed by atoms with Crippen molar-refractivity contribution in [2.24, 2.45) is 4.99 Å². The maximum absolute atomic E-state index is 11.7. The summed E-state index contributed by atoms with van der Waals surface area (Å²) >= 11 is 0. The molecule has 0 aromatic heterocycles. The van der Waals surface area contributed by atoms with Gasteiger partial charge in [0, 0.05) is 24.2 Å². The zero-order valence-corrected chi connectivity index (χ0v) is 21.2. The van der Waals surface area contributed by atoms with Gasteiger partial charge in [-0.2, -0.15) is 0 Å². The normalized spacial score (nSPS) is 20.0. The summed E-state index contributed by atoms with van der Waals surface area (Å²) in [5, 5.41) is 10.4. The molecule has 29 heavy (non-hydrogen) atoms. The molecule has 0 saturated carbocycles. The Balaban J connectivity index is 0.00000420.